The zero-order valence-corrected chi connectivity index (χ0v) is 6.46. The van der Waals surface area contributed by atoms with Gasteiger partial charge in [-0.2, -0.15) is 0 Å². The monoisotopic (exact) mass is 161 g/mol. The topological polar surface area (TPSA) is 75.6 Å². The second-order valence-corrected chi connectivity index (χ2v) is 1.87. The van der Waals surface area contributed by atoms with Crippen LogP contribution in [0.25, 0.3) is 0 Å². The molecule has 0 saturated carbocycles. The maximum Gasteiger partial charge on any atom is 0.354 e. The van der Waals surface area contributed by atoms with Crippen LogP contribution < -0.4 is 5.32 Å². The van der Waals surface area contributed by atoms with Crippen LogP contribution in [0.2, 0.25) is 0 Å². The van der Waals surface area contributed by atoms with E-state index in [1.165, 1.54) is 6.92 Å². The SMILES string of the molecule is CCO[C@H](NC(C)=O)C(=O)O. The number of hydrogen-bond acceptors (Lipinski definition) is 3. The van der Waals surface area contributed by atoms with Crippen LogP contribution in [0.4, 0.5) is 0 Å². The van der Waals surface area contributed by atoms with Crippen LogP contribution in [0.3, 0.4) is 0 Å². The molecule has 5 nitrogen and oxygen atoms in total. The summed E-state index contributed by atoms with van der Waals surface area (Å²) in [6, 6.07) is 0. The summed E-state index contributed by atoms with van der Waals surface area (Å²) in [6.45, 7) is 3.13. The third kappa shape index (κ3) is 4.32. The van der Waals surface area contributed by atoms with Gasteiger partial charge in [-0.25, -0.2) is 4.79 Å². The van der Waals surface area contributed by atoms with Crippen molar-refractivity contribution in [2.24, 2.45) is 0 Å². The van der Waals surface area contributed by atoms with Gasteiger partial charge in [0.15, 0.2) is 0 Å². The Labute approximate surface area is 64.3 Å². The third-order valence-corrected chi connectivity index (χ3v) is 0.892. The van der Waals surface area contributed by atoms with E-state index in [0.717, 1.165) is 0 Å². The molecule has 64 valence electrons. The zero-order valence-electron chi connectivity index (χ0n) is 6.46. The van der Waals surface area contributed by atoms with Crippen molar-refractivity contribution in [3.8, 4) is 0 Å². The molecular formula is C6H11NO4. The molecular weight excluding hydrogens is 150 g/mol. The van der Waals surface area contributed by atoms with Gasteiger partial charge in [0.05, 0.1) is 0 Å². The van der Waals surface area contributed by atoms with Crippen LogP contribution in [0.5, 0.6) is 0 Å². The first-order valence-electron chi connectivity index (χ1n) is 3.19. The molecule has 11 heavy (non-hydrogen) atoms. The number of nitrogens with one attached hydrogen (secondary N) is 1. The van der Waals surface area contributed by atoms with Crippen LogP contribution in [0.1, 0.15) is 13.8 Å². The summed E-state index contributed by atoms with van der Waals surface area (Å²) < 4.78 is 4.68. The first kappa shape index (κ1) is 9.90. The molecule has 0 aliphatic carbocycles. The minimum atomic E-state index is -1.22. The maximum absolute atomic E-state index is 10.4. The number of rotatable bonds is 4. The largest absolute Gasteiger partial charge is 0.478 e. The summed E-state index contributed by atoms with van der Waals surface area (Å²) in [5, 5.41) is 10.5. The second kappa shape index (κ2) is 4.68. The lowest BCUT2D eigenvalue weighted by Gasteiger charge is -2.11. The van der Waals surface area contributed by atoms with Crippen molar-refractivity contribution in [2.75, 3.05) is 6.61 Å². The number of aliphatic carboxylic acids is 1. The van der Waals surface area contributed by atoms with E-state index in [0.29, 0.717) is 0 Å². The van der Waals surface area contributed by atoms with Gasteiger partial charge in [-0.1, -0.05) is 0 Å². The van der Waals surface area contributed by atoms with Crippen molar-refractivity contribution in [3.05, 3.63) is 0 Å². The Kier molecular flexibility index (Phi) is 4.21. The second-order valence-electron chi connectivity index (χ2n) is 1.87. The van der Waals surface area contributed by atoms with Gasteiger partial charge in [-0.3, -0.25) is 4.79 Å². The van der Waals surface area contributed by atoms with Gasteiger partial charge in [0.2, 0.25) is 12.1 Å². The fourth-order valence-electron chi connectivity index (χ4n) is 0.526. The van der Waals surface area contributed by atoms with Gasteiger partial charge >= 0.3 is 5.97 Å². The lowest BCUT2D eigenvalue weighted by Crippen LogP contribution is -2.41. The highest BCUT2D eigenvalue weighted by molar-refractivity contribution is 5.80. The summed E-state index contributed by atoms with van der Waals surface area (Å²) in [5.74, 6) is -1.62. The fourth-order valence-corrected chi connectivity index (χ4v) is 0.526. The highest BCUT2D eigenvalue weighted by Gasteiger charge is 2.17. The van der Waals surface area contributed by atoms with Crippen LogP contribution >= 0.6 is 0 Å². The zero-order chi connectivity index (χ0) is 8.85. The number of carboxylic acid groups (broad SMARTS) is 1. The molecule has 0 aromatic heterocycles. The van der Waals surface area contributed by atoms with E-state index >= 15 is 0 Å². The Bertz CT molecular complexity index is 157. The summed E-state index contributed by atoms with van der Waals surface area (Å²) in [7, 11) is 0. The van der Waals surface area contributed by atoms with Gasteiger partial charge in [0.25, 0.3) is 0 Å². The molecule has 1 amide bonds. The highest BCUT2D eigenvalue weighted by Crippen LogP contribution is 1.86. The van der Waals surface area contributed by atoms with Crippen LogP contribution in [0.15, 0.2) is 0 Å². The quantitative estimate of drug-likeness (QED) is 0.548. The Balaban J connectivity index is 3.89. The van der Waals surface area contributed by atoms with E-state index in [4.69, 9.17) is 5.11 Å². The van der Waals surface area contributed by atoms with Crippen molar-refractivity contribution in [1.29, 1.82) is 0 Å². The van der Waals surface area contributed by atoms with E-state index in [1.54, 1.807) is 6.92 Å². The number of carbonyl (C=O) groups is 2. The Morgan fingerprint density at radius 1 is 1.64 bits per heavy atom. The van der Waals surface area contributed by atoms with Crippen molar-refractivity contribution >= 4 is 11.9 Å². The summed E-state index contributed by atoms with van der Waals surface area (Å²) in [5.41, 5.74) is 0. The Hall–Kier alpha value is -1.10. The van der Waals surface area contributed by atoms with Crippen molar-refractivity contribution in [1.82, 2.24) is 5.32 Å². The molecule has 0 aliphatic rings. The molecule has 0 heterocycles. The minimum absolute atomic E-state index is 0.247. The van der Waals surface area contributed by atoms with Gasteiger partial charge in [0, 0.05) is 13.5 Å². The van der Waals surface area contributed by atoms with Crippen LogP contribution in [-0.4, -0.2) is 29.8 Å². The number of ether oxygens (including phenoxy) is 1. The molecule has 0 aliphatic heterocycles. The summed E-state index contributed by atoms with van der Waals surface area (Å²) >= 11 is 0. The van der Waals surface area contributed by atoms with Crippen molar-refractivity contribution in [3.63, 3.8) is 0 Å². The molecule has 0 aromatic carbocycles. The van der Waals surface area contributed by atoms with E-state index in [2.05, 4.69) is 10.1 Å². The molecule has 0 fully saturated rings. The van der Waals surface area contributed by atoms with Gasteiger partial charge in [0.1, 0.15) is 0 Å². The summed E-state index contributed by atoms with van der Waals surface area (Å²) in [4.78, 5) is 20.7. The van der Waals surface area contributed by atoms with E-state index < -0.39 is 18.1 Å². The van der Waals surface area contributed by atoms with Gasteiger partial charge in [-0.05, 0) is 6.92 Å². The molecule has 0 aromatic rings. The van der Waals surface area contributed by atoms with Crippen molar-refractivity contribution < 1.29 is 19.4 Å². The average Bonchev–Trinajstić information content (AvgIpc) is 1.86. The van der Waals surface area contributed by atoms with Crippen molar-refractivity contribution in [2.45, 2.75) is 20.1 Å². The van der Waals surface area contributed by atoms with Gasteiger partial charge in [-0.15, -0.1) is 0 Å². The molecule has 1 atom stereocenters. The standard InChI is InChI=1S/C6H11NO4/c1-3-11-5(6(9)10)7-4(2)8/h5H,3H2,1-2H3,(H,7,8)(H,9,10)/t5-/m0/s1. The molecule has 5 heteroatoms. The molecule has 2 N–H and O–H groups in total. The molecule has 0 radical (unpaired) electrons. The minimum Gasteiger partial charge on any atom is -0.478 e. The average molecular weight is 161 g/mol. The number of amides is 1. The maximum atomic E-state index is 10.4. The smallest absolute Gasteiger partial charge is 0.354 e. The molecule has 0 spiro atoms. The number of carbonyl (C=O) groups excluding carboxylic acids is 1. The van der Waals surface area contributed by atoms with E-state index in [1.807, 2.05) is 0 Å². The fraction of sp³-hybridized carbons (Fsp3) is 0.667. The number of carboxylic acids is 1. The number of hydrogen-bond donors (Lipinski definition) is 2. The highest BCUT2D eigenvalue weighted by atomic mass is 16.5. The first-order chi connectivity index (χ1) is 5.07. The lowest BCUT2D eigenvalue weighted by atomic mass is 10.5. The molecule has 0 bridgehead atoms. The van der Waals surface area contributed by atoms with E-state index in [9.17, 15) is 9.59 Å². The Morgan fingerprint density at radius 2 is 2.18 bits per heavy atom. The molecule has 0 unspecified atom stereocenters. The van der Waals surface area contributed by atoms with Crippen LogP contribution in [0, 0.1) is 0 Å². The predicted molar refractivity (Wildman–Crippen MR) is 36.9 cm³/mol. The lowest BCUT2D eigenvalue weighted by molar-refractivity contribution is -0.155. The van der Waals surface area contributed by atoms with Gasteiger partial charge < -0.3 is 15.2 Å². The first-order valence-corrected chi connectivity index (χ1v) is 3.19. The third-order valence-electron chi connectivity index (χ3n) is 0.892. The summed E-state index contributed by atoms with van der Waals surface area (Å²) in [6.07, 6.45) is -1.22. The predicted octanol–water partition coefficient (Wildman–Crippen LogP) is -0.430. The van der Waals surface area contributed by atoms with E-state index in [-0.39, 0.29) is 6.61 Å². The normalized spacial score (nSPS) is 12.2. The molecule has 0 saturated heterocycles. The van der Waals surface area contributed by atoms with Crippen LogP contribution in [-0.2, 0) is 14.3 Å². The molecule has 0 rings (SSSR count). The Morgan fingerprint density at radius 3 is 2.45 bits per heavy atom.